The summed E-state index contributed by atoms with van der Waals surface area (Å²) >= 11 is 0. The Labute approximate surface area is 121 Å². The Morgan fingerprint density at radius 3 is 2.55 bits per heavy atom. The Hall–Kier alpha value is -1.46. The van der Waals surface area contributed by atoms with Gasteiger partial charge in [-0.1, -0.05) is 18.2 Å². The highest BCUT2D eigenvalue weighted by Crippen LogP contribution is 2.30. The zero-order valence-electron chi connectivity index (χ0n) is 11.6. The molecule has 0 aromatic heterocycles. The number of carbonyl (C=O) groups is 1. The van der Waals surface area contributed by atoms with Gasteiger partial charge in [0.2, 0.25) is 0 Å². The molecule has 108 valence electrons. The van der Waals surface area contributed by atoms with Crippen LogP contribution in [0.5, 0.6) is 0 Å². The van der Waals surface area contributed by atoms with E-state index in [0.717, 1.165) is 9.80 Å². The minimum Gasteiger partial charge on any atom is -0.469 e. The lowest BCUT2D eigenvalue weighted by atomic mass is 9.91. The molecule has 1 aromatic carbocycles. The van der Waals surface area contributed by atoms with E-state index in [9.17, 15) is 9.00 Å². The zero-order chi connectivity index (χ0) is 14.5. The second-order valence-corrected chi connectivity index (χ2v) is 6.12. The molecule has 0 heterocycles. The van der Waals surface area contributed by atoms with E-state index in [-0.39, 0.29) is 18.0 Å². The predicted octanol–water partition coefficient (Wildman–Crippen LogP) is 2.28. The van der Waals surface area contributed by atoms with Gasteiger partial charge in [0.05, 0.1) is 29.9 Å². The van der Waals surface area contributed by atoms with Crippen molar-refractivity contribution in [2.75, 3.05) is 14.2 Å². The first kappa shape index (κ1) is 14.9. The zero-order valence-corrected chi connectivity index (χ0v) is 12.4. The highest BCUT2D eigenvalue weighted by Gasteiger charge is 2.33. The van der Waals surface area contributed by atoms with Gasteiger partial charge in [0.25, 0.3) is 0 Å². The number of ether oxygens (including phenoxy) is 2. The normalized spacial score (nSPS) is 23.8. The van der Waals surface area contributed by atoms with E-state index in [2.05, 4.69) is 0 Å². The van der Waals surface area contributed by atoms with Crippen molar-refractivity contribution in [1.82, 2.24) is 0 Å². The van der Waals surface area contributed by atoms with Gasteiger partial charge in [-0.2, -0.15) is 0 Å². The number of allylic oxidation sites excluding steroid dienone is 1. The molecule has 20 heavy (non-hydrogen) atoms. The molecule has 1 unspecified atom stereocenters. The smallest absolute Gasteiger partial charge is 0.311 e. The van der Waals surface area contributed by atoms with Gasteiger partial charge < -0.3 is 9.47 Å². The highest BCUT2D eigenvalue weighted by atomic mass is 32.2. The molecule has 3 atom stereocenters. The third-order valence-electron chi connectivity index (χ3n) is 3.42. The molecule has 0 amide bonds. The lowest BCUT2D eigenvalue weighted by molar-refractivity contribution is -0.149. The molecule has 2 rings (SSSR count). The Balaban J connectivity index is 2.20. The van der Waals surface area contributed by atoms with Crippen molar-refractivity contribution in [2.45, 2.75) is 23.8 Å². The minimum absolute atomic E-state index is 0.280. The van der Waals surface area contributed by atoms with E-state index in [4.69, 9.17) is 9.47 Å². The molecular formula is C15H18O4S. The molecule has 0 saturated heterocycles. The summed E-state index contributed by atoms with van der Waals surface area (Å²) in [6.45, 7) is 0. The molecule has 0 radical (unpaired) electrons. The van der Waals surface area contributed by atoms with Crippen LogP contribution < -0.4 is 0 Å². The summed E-state index contributed by atoms with van der Waals surface area (Å²) in [7, 11) is 1.73. The van der Waals surface area contributed by atoms with Crippen LogP contribution in [0.15, 0.2) is 46.2 Å². The van der Waals surface area contributed by atoms with E-state index < -0.39 is 10.8 Å². The fraction of sp³-hybridized carbons (Fsp3) is 0.400. The summed E-state index contributed by atoms with van der Waals surface area (Å²) in [4.78, 5) is 13.3. The molecule has 0 bridgehead atoms. The van der Waals surface area contributed by atoms with Gasteiger partial charge in [0, 0.05) is 16.9 Å². The van der Waals surface area contributed by atoms with Crippen LogP contribution in [0.1, 0.15) is 12.8 Å². The lowest BCUT2D eigenvalue weighted by Gasteiger charge is -2.27. The summed E-state index contributed by atoms with van der Waals surface area (Å²) in [5.41, 5.74) is 0. The fourth-order valence-corrected chi connectivity index (χ4v) is 3.60. The lowest BCUT2D eigenvalue weighted by Crippen LogP contribution is -2.32. The number of hydrogen-bond acceptors (Lipinski definition) is 4. The summed E-state index contributed by atoms with van der Waals surface area (Å²) in [5, 5.41) is 0. The van der Waals surface area contributed by atoms with E-state index >= 15 is 0 Å². The molecule has 0 aliphatic heterocycles. The first-order chi connectivity index (χ1) is 9.67. The Morgan fingerprint density at radius 2 is 1.95 bits per heavy atom. The van der Waals surface area contributed by atoms with Crippen LogP contribution in [0.3, 0.4) is 0 Å². The van der Waals surface area contributed by atoms with Gasteiger partial charge in [-0.3, -0.25) is 4.79 Å². The predicted molar refractivity (Wildman–Crippen MR) is 76.5 cm³/mol. The van der Waals surface area contributed by atoms with E-state index in [0.29, 0.717) is 12.8 Å². The first-order valence-electron chi connectivity index (χ1n) is 6.45. The van der Waals surface area contributed by atoms with Crippen molar-refractivity contribution in [3.05, 3.63) is 41.3 Å². The van der Waals surface area contributed by atoms with Crippen molar-refractivity contribution in [3.8, 4) is 0 Å². The number of hydrogen-bond donors (Lipinski definition) is 0. The van der Waals surface area contributed by atoms with Gasteiger partial charge in [-0.15, -0.1) is 0 Å². The number of carbonyl (C=O) groups excluding carboxylic acids is 1. The van der Waals surface area contributed by atoms with Gasteiger partial charge in [0.1, 0.15) is 0 Å². The number of benzene rings is 1. The van der Waals surface area contributed by atoms with Crippen molar-refractivity contribution in [1.29, 1.82) is 0 Å². The van der Waals surface area contributed by atoms with Crippen LogP contribution >= 0.6 is 0 Å². The largest absolute Gasteiger partial charge is 0.469 e. The molecule has 1 aliphatic carbocycles. The van der Waals surface area contributed by atoms with Gasteiger partial charge in [0.15, 0.2) is 0 Å². The molecule has 5 heteroatoms. The van der Waals surface area contributed by atoms with E-state index in [1.807, 2.05) is 30.3 Å². The fourth-order valence-electron chi connectivity index (χ4n) is 2.33. The Kier molecular flexibility index (Phi) is 5.09. The topological polar surface area (TPSA) is 52.6 Å². The molecule has 1 aliphatic rings. The maximum absolute atomic E-state index is 12.5. The second-order valence-electron chi connectivity index (χ2n) is 4.58. The molecule has 1 aromatic rings. The van der Waals surface area contributed by atoms with Crippen molar-refractivity contribution < 1.29 is 18.5 Å². The average Bonchev–Trinajstić information content (AvgIpc) is 2.53. The van der Waals surface area contributed by atoms with Crippen LogP contribution in [-0.2, 0) is 25.1 Å². The molecule has 0 saturated carbocycles. The summed E-state index contributed by atoms with van der Waals surface area (Å²) < 4.78 is 22.6. The maximum Gasteiger partial charge on any atom is 0.311 e. The summed E-state index contributed by atoms with van der Waals surface area (Å²) in [6.07, 6.45) is 2.63. The first-order valence-corrected chi connectivity index (χ1v) is 7.60. The summed E-state index contributed by atoms with van der Waals surface area (Å²) in [5.74, 6) is -0.598. The van der Waals surface area contributed by atoms with E-state index in [1.165, 1.54) is 7.11 Å². The third kappa shape index (κ3) is 3.16. The van der Waals surface area contributed by atoms with Gasteiger partial charge in [-0.05, 0) is 31.1 Å². The van der Waals surface area contributed by atoms with Crippen molar-refractivity contribution >= 4 is 16.8 Å². The van der Waals surface area contributed by atoms with Crippen LogP contribution in [0.2, 0.25) is 0 Å². The highest BCUT2D eigenvalue weighted by molar-refractivity contribution is 7.89. The van der Waals surface area contributed by atoms with Crippen LogP contribution in [0, 0.1) is 5.92 Å². The van der Waals surface area contributed by atoms with Crippen LogP contribution in [-0.4, -0.2) is 30.5 Å². The molecule has 0 fully saturated rings. The van der Waals surface area contributed by atoms with Gasteiger partial charge >= 0.3 is 5.97 Å². The van der Waals surface area contributed by atoms with Crippen molar-refractivity contribution in [3.63, 3.8) is 0 Å². The number of esters is 1. The number of methoxy groups -OCH3 is 2. The molecule has 0 N–H and O–H groups in total. The SMILES string of the molecule is COC(=O)[C@@H]1CCC(S(=O)c2ccccc2)=C[C@H]1OC. The number of rotatable bonds is 4. The molecule has 0 spiro atoms. The quantitative estimate of drug-likeness (QED) is 0.799. The van der Waals surface area contributed by atoms with Crippen LogP contribution in [0.25, 0.3) is 0 Å². The standard InChI is InChI=1S/C15H18O4S/c1-18-14-10-12(8-9-13(14)15(16)19-2)20(17)11-6-4-3-5-7-11/h3-7,10,13-14H,8-9H2,1-2H3/t13-,14-,20?/m1/s1. The van der Waals surface area contributed by atoms with Crippen LogP contribution in [0.4, 0.5) is 0 Å². The molecule has 4 nitrogen and oxygen atoms in total. The maximum atomic E-state index is 12.5. The van der Waals surface area contributed by atoms with E-state index in [1.54, 1.807) is 13.2 Å². The minimum atomic E-state index is -1.19. The van der Waals surface area contributed by atoms with Crippen molar-refractivity contribution in [2.24, 2.45) is 5.92 Å². The Morgan fingerprint density at radius 1 is 1.25 bits per heavy atom. The Bertz CT molecular complexity index is 524. The monoisotopic (exact) mass is 294 g/mol. The molecular weight excluding hydrogens is 276 g/mol. The second kappa shape index (κ2) is 6.81. The third-order valence-corrected chi connectivity index (χ3v) is 4.94. The average molecular weight is 294 g/mol. The van der Waals surface area contributed by atoms with Gasteiger partial charge in [-0.25, -0.2) is 4.21 Å². The summed E-state index contributed by atoms with van der Waals surface area (Å²) in [6, 6.07) is 9.29.